The first kappa shape index (κ1) is 33.1. The highest BCUT2D eigenvalue weighted by Crippen LogP contribution is 2.41. The average molecular weight is 713 g/mol. The number of nitrogen functional groups attached to an aromatic ring is 1. The van der Waals surface area contributed by atoms with Crippen LogP contribution in [0.5, 0.6) is 0 Å². The summed E-state index contributed by atoms with van der Waals surface area (Å²) in [4.78, 5) is 65.0. The van der Waals surface area contributed by atoms with Gasteiger partial charge >= 0.3 is 17.6 Å². The van der Waals surface area contributed by atoms with Gasteiger partial charge in [0.05, 0.1) is 18.8 Å². The van der Waals surface area contributed by atoms with Gasteiger partial charge in [0, 0.05) is 17.2 Å². The minimum absolute atomic E-state index is 0.0127. The van der Waals surface area contributed by atoms with Crippen molar-refractivity contribution in [1.82, 2.24) is 24.4 Å². The van der Waals surface area contributed by atoms with Gasteiger partial charge < -0.3 is 42.0 Å². The maximum Gasteiger partial charge on any atom is 0.352 e. The molecule has 2 aliphatic rings. The summed E-state index contributed by atoms with van der Waals surface area (Å²) in [6, 6.07) is 2.47. The highest BCUT2D eigenvalue weighted by Gasteiger charge is 2.54. The molecule has 4 aromatic heterocycles. The van der Waals surface area contributed by atoms with Gasteiger partial charge in [-0.2, -0.15) is 0 Å². The number of carboxylic acid groups (broad SMARTS) is 2. The van der Waals surface area contributed by atoms with Crippen LogP contribution in [0.3, 0.4) is 0 Å². The Morgan fingerprint density at radius 1 is 1.27 bits per heavy atom. The molecule has 2 aliphatic heterocycles. The molecule has 6 heterocycles. The molecule has 4 aromatic rings. The van der Waals surface area contributed by atoms with Gasteiger partial charge in [0.15, 0.2) is 23.0 Å². The van der Waals surface area contributed by atoms with Crippen LogP contribution in [0.4, 0.5) is 10.8 Å². The number of nitrogens with zero attached hydrogens (tertiary/aromatic N) is 7. The summed E-state index contributed by atoms with van der Waals surface area (Å²) in [5, 5.41) is 26.7. The molecule has 49 heavy (non-hydrogen) atoms. The van der Waals surface area contributed by atoms with Gasteiger partial charge in [-0.3, -0.25) is 14.5 Å². The van der Waals surface area contributed by atoms with Gasteiger partial charge in [-0.1, -0.05) is 5.16 Å². The summed E-state index contributed by atoms with van der Waals surface area (Å²) >= 11 is 2.31. The second-order valence-electron chi connectivity index (χ2n) is 11.4. The predicted molar refractivity (Wildman–Crippen MR) is 174 cm³/mol. The number of aliphatic carboxylic acids is 2. The van der Waals surface area contributed by atoms with Crippen LogP contribution in [-0.4, -0.2) is 87.5 Å². The fourth-order valence-corrected chi connectivity index (χ4v) is 7.02. The number of fused-ring (bicyclic) bond motifs is 2. The first-order valence-electron chi connectivity index (χ1n) is 14.4. The maximum atomic E-state index is 13.4. The highest BCUT2D eigenvalue weighted by atomic mass is 32.2. The number of thioether (sulfide) groups is 1. The van der Waals surface area contributed by atoms with E-state index >= 15 is 0 Å². The van der Waals surface area contributed by atoms with Crippen molar-refractivity contribution in [3.63, 3.8) is 0 Å². The van der Waals surface area contributed by atoms with E-state index in [-0.39, 0.29) is 34.8 Å². The van der Waals surface area contributed by atoms with E-state index in [0.717, 1.165) is 21.9 Å². The first-order chi connectivity index (χ1) is 23.2. The zero-order valence-electron chi connectivity index (χ0n) is 25.8. The molecule has 0 saturated carbocycles. The number of thiazole rings is 1. The van der Waals surface area contributed by atoms with Crippen LogP contribution >= 0.6 is 23.1 Å². The third-order valence-corrected chi connectivity index (χ3v) is 9.58. The summed E-state index contributed by atoms with van der Waals surface area (Å²) < 4.78 is 11.1. The molecule has 9 N–H and O–H groups in total. The number of amides is 2. The molecular weight excluding hydrogens is 683 g/mol. The Hall–Kier alpha value is -5.83. The number of β-lactam (4-membered cyclic amide) rings is 1. The Morgan fingerprint density at radius 2 is 2.04 bits per heavy atom. The number of carbonyl (C=O) groups is 4. The highest BCUT2D eigenvalue weighted by molar-refractivity contribution is 8.00. The number of oxime groups is 1. The van der Waals surface area contributed by atoms with Gasteiger partial charge in [-0.25, -0.2) is 28.8 Å². The van der Waals surface area contributed by atoms with E-state index in [2.05, 4.69) is 20.4 Å². The molecule has 19 nitrogen and oxygen atoms in total. The molecule has 256 valence electrons. The smallest absolute Gasteiger partial charge is 0.352 e. The fraction of sp³-hybridized carbons (Fsp3) is 0.286. The number of carboxylic acids is 2. The lowest BCUT2D eigenvalue weighted by atomic mass is 10.0. The van der Waals surface area contributed by atoms with Crippen molar-refractivity contribution in [3.05, 3.63) is 65.1 Å². The molecule has 1 saturated heterocycles. The van der Waals surface area contributed by atoms with E-state index in [0.29, 0.717) is 23.6 Å². The molecular formula is C28H30N11O8S2+. The molecule has 0 aliphatic carbocycles. The molecule has 0 radical (unpaired) electrons. The minimum atomic E-state index is -1.78. The summed E-state index contributed by atoms with van der Waals surface area (Å²) in [5.41, 5.74) is 16.0. The SMILES string of the molecule is CC(C)(O/N=C(\C(=O)N[C@@H]1C(=O)N2C(C(=O)O)=C(Cn3ccc4n3cc[n+]4Cc3cc(N=C(N)N)co3)CS[C@H]12)c1csc(N)n1)C(=O)O. The zero-order chi connectivity index (χ0) is 35.2. The number of aliphatic imine (C=N–C) groups is 1. The van der Waals surface area contributed by atoms with Crippen LogP contribution in [0.25, 0.3) is 5.65 Å². The third-order valence-electron chi connectivity index (χ3n) is 7.56. The van der Waals surface area contributed by atoms with Crippen molar-refractivity contribution < 1.29 is 43.2 Å². The van der Waals surface area contributed by atoms with Crippen LogP contribution in [0, 0.1) is 0 Å². The predicted octanol–water partition coefficient (Wildman–Crippen LogP) is -0.364. The number of furan rings is 1. The third kappa shape index (κ3) is 6.39. The van der Waals surface area contributed by atoms with Crippen molar-refractivity contribution >= 4 is 75.0 Å². The van der Waals surface area contributed by atoms with Gasteiger partial charge in [-0.05, 0) is 19.4 Å². The van der Waals surface area contributed by atoms with Crippen LogP contribution < -0.4 is 27.1 Å². The fourth-order valence-electron chi connectivity index (χ4n) is 5.14. The number of hydrogen-bond donors (Lipinski definition) is 6. The number of aromatic nitrogens is 4. The molecule has 2 amide bonds. The number of guanidine groups is 1. The topological polar surface area (TPSA) is 275 Å². The number of hydrogen-bond acceptors (Lipinski definition) is 12. The number of carbonyl (C=O) groups excluding carboxylic acids is 2. The van der Waals surface area contributed by atoms with Gasteiger partial charge in [0.2, 0.25) is 5.60 Å². The monoisotopic (exact) mass is 712 g/mol. The molecule has 21 heteroatoms. The average Bonchev–Trinajstić information content (AvgIpc) is 3.83. The van der Waals surface area contributed by atoms with Crippen molar-refractivity contribution in [3.8, 4) is 0 Å². The van der Waals surface area contributed by atoms with Crippen LogP contribution in [-0.2, 0) is 37.1 Å². The largest absolute Gasteiger partial charge is 0.478 e. The molecule has 0 aromatic carbocycles. The molecule has 0 bridgehead atoms. The second kappa shape index (κ2) is 12.6. The quantitative estimate of drug-likeness (QED) is 0.0360. The lowest BCUT2D eigenvalue weighted by molar-refractivity contribution is -0.663. The van der Waals surface area contributed by atoms with Crippen molar-refractivity contribution in [2.75, 3.05) is 11.5 Å². The Bertz CT molecular complexity index is 2080. The Balaban J connectivity index is 1.19. The lowest BCUT2D eigenvalue weighted by Gasteiger charge is -2.49. The molecule has 0 unspecified atom stereocenters. The minimum Gasteiger partial charge on any atom is -0.478 e. The normalized spacial score (nSPS) is 17.9. The summed E-state index contributed by atoms with van der Waals surface area (Å²) in [6.07, 6.45) is 6.88. The van der Waals surface area contributed by atoms with Crippen molar-refractivity contribution in [2.24, 2.45) is 21.6 Å². The number of nitrogens with one attached hydrogen (secondary N) is 1. The van der Waals surface area contributed by atoms with Gasteiger partial charge in [0.25, 0.3) is 11.8 Å². The van der Waals surface area contributed by atoms with E-state index in [9.17, 15) is 29.4 Å². The summed E-state index contributed by atoms with van der Waals surface area (Å²) in [7, 11) is 0. The summed E-state index contributed by atoms with van der Waals surface area (Å²) in [5.74, 6) is -3.36. The van der Waals surface area contributed by atoms with Crippen molar-refractivity contribution in [2.45, 2.75) is 44.0 Å². The Morgan fingerprint density at radius 3 is 2.71 bits per heavy atom. The molecule has 1 fully saturated rings. The lowest BCUT2D eigenvalue weighted by Crippen LogP contribution is -2.71. The van der Waals surface area contributed by atoms with Crippen LogP contribution in [0.15, 0.2) is 68.2 Å². The van der Waals surface area contributed by atoms with Crippen LogP contribution in [0.2, 0.25) is 0 Å². The van der Waals surface area contributed by atoms with E-state index in [1.54, 1.807) is 12.3 Å². The number of anilines is 1. The maximum absolute atomic E-state index is 13.4. The summed E-state index contributed by atoms with van der Waals surface area (Å²) in [6.45, 7) is 3.02. The second-order valence-corrected chi connectivity index (χ2v) is 13.4. The first-order valence-corrected chi connectivity index (χ1v) is 16.3. The number of rotatable bonds is 12. The molecule has 6 rings (SSSR count). The molecule has 2 atom stereocenters. The number of imidazole rings is 1. The zero-order valence-corrected chi connectivity index (χ0v) is 27.5. The van der Waals surface area contributed by atoms with E-state index in [1.165, 1.54) is 37.3 Å². The van der Waals surface area contributed by atoms with Crippen molar-refractivity contribution in [1.29, 1.82) is 0 Å². The standard InChI is InChI=1S/C28H29N11O8S2/c1-28(2,25(44)45)47-35-18(16-12-49-27(31)33-16)21(40)34-19-22(41)39-20(24(42)43)13(11-48-23(19)39)8-37-4-3-17-36(5-6-38(17)37)9-15-7-14(10-46-15)32-26(29)30/h3-7,10,12,19,23H,8-9,11H2,1-2H3,(H8-,29,30,31,32,33,34,40,42,43,44,45)/p+1/b35-18-/t19-,23-/m1/s1. The van der Waals surface area contributed by atoms with Gasteiger partial charge in [0.1, 0.15) is 53.3 Å². The molecule has 0 spiro atoms. The van der Waals surface area contributed by atoms with E-state index in [1.807, 2.05) is 32.2 Å². The van der Waals surface area contributed by atoms with Crippen LogP contribution in [0.1, 0.15) is 25.3 Å². The Labute approximate surface area is 284 Å². The van der Waals surface area contributed by atoms with E-state index in [4.69, 9.17) is 26.5 Å². The van der Waals surface area contributed by atoms with E-state index < -0.39 is 46.5 Å². The van der Waals surface area contributed by atoms with Gasteiger partial charge in [-0.15, -0.1) is 27.6 Å². The number of nitrogens with two attached hydrogens (primary N) is 3. The Kier molecular flexibility index (Phi) is 8.54.